The van der Waals surface area contributed by atoms with Crippen molar-refractivity contribution >= 4 is 12.0 Å². The molecular formula is C35H37N3O5. The number of aromatic hydroxyl groups is 1. The van der Waals surface area contributed by atoms with E-state index in [-0.39, 0.29) is 46.1 Å². The lowest BCUT2D eigenvalue weighted by Gasteiger charge is -2.60. The minimum atomic E-state index is -0.803. The molecular weight excluding hydrogens is 542 g/mol. The smallest absolute Gasteiger partial charge is 0.250 e. The summed E-state index contributed by atoms with van der Waals surface area (Å²) in [5.74, 6) is 0.848. The highest BCUT2D eigenvalue weighted by molar-refractivity contribution is 5.92. The summed E-state index contributed by atoms with van der Waals surface area (Å²) in [4.78, 5) is 29.7. The zero-order valence-electron chi connectivity index (χ0n) is 24.6. The summed E-state index contributed by atoms with van der Waals surface area (Å²) in [6, 6.07) is 20.2. The minimum absolute atomic E-state index is 0.0770. The molecule has 6 atom stereocenters. The molecule has 1 saturated heterocycles. The molecule has 0 aromatic heterocycles. The minimum Gasteiger partial charge on any atom is -0.504 e. The normalized spacial score (nSPS) is 27.8. The second kappa shape index (κ2) is 10.5. The van der Waals surface area contributed by atoms with Gasteiger partial charge in [0.15, 0.2) is 11.5 Å². The van der Waals surface area contributed by atoms with Crippen LogP contribution in [-0.4, -0.2) is 64.1 Å². The molecule has 4 aliphatic rings. The van der Waals surface area contributed by atoms with E-state index in [9.17, 15) is 20.0 Å². The average molecular weight is 580 g/mol. The van der Waals surface area contributed by atoms with Crippen LogP contribution < -0.4 is 4.74 Å². The highest BCUT2D eigenvalue weighted by Gasteiger charge is 2.66. The van der Waals surface area contributed by atoms with Crippen molar-refractivity contribution in [1.82, 2.24) is 9.80 Å². The van der Waals surface area contributed by atoms with Crippen molar-refractivity contribution < 1.29 is 19.6 Å². The number of aryl methyl sites for hydroxylation is 1. The van der Waals surface area contributed by atoms with Gasteiger partial charge in [-0.1, -0.05) is 66.2 Å². The maximum absolute atomic E-state index is 13.5. The molecule has 2 heterocycles. The third-order valence-corrected chi connectivity index (χ3v) is 10.6. The zero-order valence-corrected chi connectivity index (χ0v) is 24.6. The summed E-state index contributed by atoms with van der Waals surface area (Å²) < 4.78 is 6.70. The van der Waals surface area contributed by atoms with Crippen LogP contribution in [0.25, 0.3) is 6.08 Å². The number of hydrogen-bond acceptors (Lipinski definition) is 6. The van der Waals surface area contributed by atoms with E-state index in [0.29, 0.717) is 18.8 Å². The molecule has 2 bridgehead atoms. The molecule has 1 saturated carbocycles. The number of rotatable bonds is 7. The van der Waals surface area contributed by atoms with Gasteiger partial charge >= 0.3 is 0 Å². The molecule has 2 aliphatic heterocycles. The summed E-state index contributed by atoms with van der Waals surface area (Å²) in [5.41, 5.74) is 4.74. The number of carbonyl (C=O) groups is 1. The zero-order chi connectivity index (χ0) is 29.9. The van der Waals surface area contributed by atoms with Gasteiger partial charge in [-0.25, -0.2) is 0 Å². The fourth-order valence-corrected chi connectivity index (χ4v) is 8.63. The number of piperidine rings is 1. The second-order valence-electron chi connectivity index (χ2n) is 12.7. The maximum Gasteiger partial charge on any atom is 0.250 e. The van der Waals surface area contributed by atoms with Crippen molar-refractivity contribution in [1.29, 1.82) is 0 Å². The topological polar surface area (TPSA) is 96.2 Å². The number of benzene rings is 3. The molecule has 2 aliphatic carbocycles. The summed E-state index contributed by atoms with van der Waals surface area (Å²) in [6.45, 7) is 3.08. The van der Waals surface area contributed by atoms with Gasteiger partial charge in [-0.3, -0.25) is 19.8 Å². The van der Waals surface area contributed by atoms with Crippen LogP contribution in [-0.2, 0) is 16.6 Å². The largest absolute Gasteiger partial charge is 0.504 e. The number of amides is 1. The van der Waals surface area contributed by atoms with Gasteiger partial charge in [0.25, 0.3) is 6.04 Å². The molecule has 1 N–H and O–H groups in total. The Balaban J connectivity index is 1.20. The van der Waals surface area contributed by atoms with E-state index in [4.69, 9.17) is 4.74 Å². The molecule has 8 heteroatoms. The van der Waals surface area contributed by atoms with Crippen molar-refractivity contribution in [2.75, 3.05) is 20.1 Å². The maximum atomic E-state index is 13.5. The lowest BCUT2D eigenvalue weighted by Crippen LogP contribution is -2.69. The highest BCUT2D eigenvalue weighted by Crippen LogP contribution is 2.64. The van der Waals surface area contributed by atoms with Gasteiger partial charge in [0.05, 0.1) is 12.6 Å². The van der Waals surface area contributed by atoms with Gasteiger partial charge in [0, 0.05) is 40.6 Å². The van der Waals surface area contributed by atoms with Crippen molar-refractivity contribution in [2.45, 2.75) is 62.3 Å². The van der Waals surface area contributed by atoms with E-state index in [1.807, 2.05) is 85.6 Å². The third kappa shape index (κ3) is 4.42. The van der Waals surface area contributed by atoms with Crippen LogP contribution in [0.1, 0.15) is 53.1 Å². The standard InChI is InChI=1S/C35H37N3O5/c1-22-7-6-8-23(19-22)11-16-31(40)36(2)27-14-13-26-28-20-25-12-15-30(39)33-32(25)35(26,34(27)43-33)17-18-37(28)21-29(38(41)42)24-9-4-3-5-10-24/h3-12,15-16,19,26-29,34,39H,13-14,17-18,20-21H2,1-2H3/t26-,27+,28+,29?,34-,35-/m0/s1. The van der Waals surface area contributed by atoms with Crippen LogP contribution in [0, 0.1) is 23.0 Å². The van der Waals surface area contributed by atoms with Gasteiger partial charge in [-0.05, 0) is 68.3 Å². The Bertz CT molecular complexity index is 1610. The molecule has 1 unspecified atom stereocenters. The fraction of sp³-hybridized carbons (Fsp3) is 0.400. The Hall–Kier alpha value is -4.17. The molecule has 2 fully saturated rings. The number of phenolic OH excluding ortho intramolecular Hbond substituents is 1. The molecule has 43 heavy (non-hydrogen) atoms. The van der Waals surface area contributed by atoms with E-state index in [1.54, 1.807) is 12.1 Å². The Kier molecular flexibility index (Phi) is 6.77. The first-order valence-corrected chi connectivity index (χ1v) is 15.2. The molecule has 3 aromatic rings. The SMILES string of the molecule is Cc1cccc(C=CC(=O)N(C)[C@@H]2CC[C@H]3[C@H]4Cc5ccc(O)c6c5[C@@]3(CCN4CC(c3ccccc3)[N+](=O)[O-])[C@H]2O6)c1. The van der Waals surface area contributed by atoms with E-state index in [0.717, 1.165) is 53.5 Å². The van der Waals surface area contributed by atoms with Crippen LogP contribution in [0.5, 0.6) is 11.5 Å². The van der Waals surface area contributed by atoms with Gasteiger partial charge in [0.1, 0.15) is 6.10 Å². The van der Waals surface area contributed by atoms with Crippen molar-refractivity contribution in [3.05, 3.63) is 111 Å². The number of nitrogens with zero attached hydrogens (tertiary/aromatic N) is 3. The lowest BCUT2D eigenvalue weighted by atomic mass is 9.51. The molecule has 8 nitrogen and oxygen atoms in total. The predicted molar refractivity (Wildman–Crippen MR) is 164 cm³/mol. The molecule has 1 amide bonds. The first kappa shape index (κ1) is 27.7. The number of hydrogen-bond donors (Lipinski definition) is 1. The number of nitro groups is 1. The lowest BCUT2D eigenvalue weighted by molar-refractivity contribution is -0.530. The number of likely N-dealkylation sites (tertiary alicyclic amines) is 1. The molecule has 1 spiro atoms. The van der Waals surface area contributed by atoms with E-state index in [2.05, 4.69) is 4.90 Å². The van der Waals surface area contributed by atoms with Crippen LogP contribution in [0.3, 0.4) is 0 Å². The second-order valence-corrected chi connectivity index (χ2v) is 12.7. The van der Waals surface area contributed by atoms with E-state index >= 15 is 0 Å². The number of carbonyl (C=O) groups excluding carboxylic acids is 1. The average Bonchev–Trinajstić information content (AvgIpc) is 3.36. The Labute approximate surface area is 251 Å². The van der Waals surface area contributed by atoms with Crippen molar-refractivity contribution in [3.63, 3.8) is 0 Å². The summed E-state index contributed by atoms with van der Waals surface area (Å²) in [7, 11) is 1.86. The Morgan fingerprint density at radius 3 is 2.77 bits per heavy atom. The third-order valence-electron chi connectivity index (χ3n) is 10.6. The number of phenols is 1. The predicted octanol–water partition coefficient (Wildman–Crippen LogP) is 5.30. The molecule has 7 rings (SSSR count). The van der Waals surface area contributed by atoms with Crippen LogP contribution in [0.4, 0.5) is 0 Å². The molecule has 222 valence electrons. The first-order chi connectivity index (χ1) is 20.8. The monoisotopic (exact) mass is 579 g/mol. The fourth-order valence-electron chi connectivity index (χ4n) is 8.63. The van der Waals surface area contributed by atoms with Gasteiger partial charge in [-0.15, -0.1) is 0 Å². The first-order valence-electron chi connectivity index (χ1n) is 15.2. The van der Waals surface area contributed by atoms with Crippen LogP contribution >= 0.6 is 0 Å². The quantitative estimate of drug-likeness (QED) is 0.232. The van der Waals surface area contributed by atoms with Gasteiger partial charge in [-0.2, -0.15) is 0 Å². The van der Waals surface area contributed by atoms with Gasteiger partial charge in [0.2, 0.25) is 5.91 Å². The van der Waals surface area contributed by atoms with Gasteiger partial charge < -0.3 is 14.7 Å². The summed E-state index contributed by atoms with van der Waals surface area (Å²) in [6.07, 6.45) is 6.38. The van der Waals surface area contributed by atoms with Crippen molar-refractivity contribution in [2.24, 2.45) is 5.92 Å². The Morgan fingerprint density at radius 2 is 2.00 bits per heavy atom. The van der Waals surface area contributed by atoms with Crippen molar-refractivity contribution in [3.8, 4) is 11.5 Å². The number of likely N-dealkylation sites (N-methyl/N-ethyl adjacent to an activating group) is 1. The molecule has 0 radical (unpaired) electrons. The van der Waals surface area contributed by atoms with Crippen LogP contribution in [0.2, 0.25) is 0 Å². The van der Waals surface area contributed by atoms with E-state index < -0.39 is 6.04 Å². The number of ether oxygens (including phenoxy) is 1. The molecule has 3 aromatic carbocycles. The van der Waals surface area contributed by atoms with E-state index in [1.165, 1.54) is 0 Å². The summed E-state index contributed by atoms with van der Waals surface area (Å²) in [5, 5.41) is 23.2. The van der Waals surface area contributed by atoms with Crippen LogP contribution in [0.15, 0.2) is 72.8 Å². The highest BCUT2D eigenvalue weighted by atomic mass is 16.6. The summed E-state index contributed by atoms with van der Waals surface area (Å²) >= 11 is 0. The Morgan fingerprint density at radius 1 is 1.19 bits per heavy atom.